The Labute approximate surface area is 161 Å². The summed E-state index contributed by atoms with van der Waals surface area (Å²) in [6.07, 6.45) is 2.27. The number of carbonyl (C=O) groups is 2. The average molecular weight is 380 g/mol. The van der Waals surface area contributed by atoms with Crippen LogP contribution in [0.1, 0.15) is 42.2 Å². The Bertz CT molecular complexity index is 1020. The number of aromatic nitrogens is 4. The molecule has 0 spiro atoms. The monoisotopic (exact) mass is 380 g/mol. The molecule has 28 heavy (non-hydrogen) atoms. The Hall–Kier alpha value is -3.61. The van der Waals surface area contributed by atoms with Gasteiger partial charge in [-0.1, -0.05) is 0 Å². The van der Waals surface area contributed by atoms with Crippen LogP contribution in [-0.2, 0) is 17.9 Å². The van der Waals surface area contributed by atoms with Crippen LogP contribution < -0.4 is 10.6 Å². The Kier molecular flexibility index (Phi) is 4.35. The number of aryl methyl sites for hydroxylation is 2. The highest BCUT2D eigenvalue weighted by atomic mass is 16.2. The largest absolute Gasteiger partial charge is 0.348 e. The standard InChI is InChI=1S/C18H20N8O2/c1-10-14(16(23-18(28)22-10)15-11(2)20-9-21-15)17(27)25-4-3-5-26-13(8-25)6-12(7-19)24-26/h6,9,16H,3-5,8H2,1-2H3,(H,20,21)(H2,22,23,28). The van der Waals surface area contributed by atoms with Crippen LogP contribution in [0.5, 0.6) is 0 Å². The summed E-state index contributed by atoms with van der Waals surface area (Å²) in [5.41, 5.74) is 3.54. The van der Waals surface area contributed by atoms with Gasteiger partial charge in [-0.25, -0.2) is 9.78 Å². The molecule has 0 saturated carbocycles. The summed E-state index contributed by atoms with van der Waals surface area (Å²) < 4.78 is 1.78. The highest BCUT2D eigenvalue weighted by molar-refractivity contribution is 5.98. The van der Waals surface area contributed by atoms with E-state index in [1.807, 2.05) is 13.0 Å². The number of aromatic amines is 1. The van der Waals surface area contributed by atoms with Gasteiger partial charge >= 0.3 is 6.03 Å². The lowest BCUT2D eigenvalue weighted by atomic mass is 9.97. The molecule has 144 valence electrons. The van der Waals surface area contributed by atoms with Gasteiger partial charge in [-0.3, -0.25) is 9.48 Å². The second kappa shape index (κ2) is 6.84. The van der Waals surface area contributed by atoms with Crippen molar-refractivity contribution in [2.75, 3.05) is 6.54 Å². The van der Waals surface area contributed by atoms with E-state index < -0.39 is 6.04 Å². The molecule has 10 nitrogen and oxygen atoms in total. The molecule has 0 bridgehead atoms. The second-order valence-corrected chi connectivity index (χ2v) is 6.92. The number of fused-ring (bicyclic) bond motifs is 1. The molecule has 1 atom stereocenters. The molecule has 3 amide bonds. The van der Waals surface area contributed by atoms with E-state index in [2.05, 4.69) is 25.7 Å². The minimum Gasteiger partial charge on any atom is -0.348 e. The zero-order chi connectivity index (χ0) is 19.8. The van der Waals surface area contributed by atoms with Crippen LogP contribution in [0.15, 0.2) is 23.7 Å². The van der Waals surface area contributed by atoms with E-state index in [4.69, 9.17) is 5.26 Å². The quantitative estimate of drug-likeness (QED) is 0.710. The zero-order valence-corrected chi connectivity index (χ0v) is 15.6. The van der Waals surface area contributed by atoms with Crippen molar-refractivity contribution < 1.29 is 9.59 Å². The molecule has 4 heterocycles. The molecule has 3 N–H and O–H groups in total. The number of nitrogens with one attached hydrogen (secondary N) is 3. The maximum absolute atomic E-state index is 13.5. The van der Waals surface area contributed by atoms with Crippen molar-refractivity contribution in [2.45, 2.75) is 39.4 Å². The minimum absolute atomic E-state index is 0.175. The second-order valence-electron chi connectivity index (χ2n) is 6.92. The van der Waals surface area contributed by atoms with Crippen LogP contribution >= 0.6 is 0 Å². The van der Waals surface area contributed by atoms with Gasteiger partial charge in [-0.05, 0) is 26.3 Å². The Morgan fingerprint density at radius 2 is 2.18 bits per heavy atom. The molecule has 0 radical (unpaired) electrons. The fraction of sp³-hybridized carbons (Fsp3) is 0.389. The van der Waals surface area contributed by atoms with E-state index in [-0.39, 0.29) is 11.9 Å². The number of urea groups is 1. The molecule has 0 fully saturated rings. The van der Waals surface area contributed by atoms with Crippen molar-refractivity contribution in [2.24, 2.45) is 0 Å². The van der Waals surface area contributed by atoms with E-state index in [1.54, 1.807) is 28.9 Å². The maximum Gasteiger partial charge on any atom is 0.319 e. The molecule has 4 rings (SSSR count). The van der Waals surface area contributed by atoms with Gasteiger partial charge in [0.25, 0.3) is 5.91 Å². The van der Waals surface area contributed by atoms with Gasteiger partial charge in [0.15, 0.2) is 5.69 Å². The molecule has 1 unspecified atom stereocenters. The summed E-state index contributed by atoms with van der Waals surface area (Å²) in [5.74, 6) is -0.175. The van der Waals surface area contributed by atoms with Gasteiger partial charge in [0.1, 0.15) is 12.1 Å². The number of hydrogen-bond acceptors (Lipinski definition) is 5. The Morgan fingerprint density at radius 3 is 2.89 bits per heavy atom. The lowest BCUT2D eigenvalue weighted by molar-refractivity contribution is -0.128. The first-order valence-electron chi connectivity index (χ1n) is 9.02. The van der Waals surface area contributed by atoms with E-state index in [0.29, 0.717) is 42.3 Å². The molecule has 0 aliphatic carbocycles. The topological polar surface area (TPSA) is 132 Å². The summed E-state index contributed by atoms with van der Waals surface area (Å²) in [5, 5.41) is 18.8. The van der Waals surface area contributed by atoms with Crippen molar-refractivity contribution in [3.8, 4) is 6.07 Å². The number of imidazole rings is 1. The highest BCUT2D eigenvalue weighted by Gasteiger charge is 2.36. The third kappa shape index (κ3) is 3.00. The van der Waals surface area contributed by atoms with Gasteiger partial charge in [0, 0.05) is 24.5 Å². The van der Waals surface area contributed by atoms with Crippen LogP contribution in [0.4, 0.5) is 4.79 Å². The van der Waals surface area contributed by atoms with Crippen molar-refractivity contribution in [1.82, 2.24) is 35.3 Å². The number of H-pyrrole nitrogens is 1. The van der Waals surface area contributed by atoms with Crippen LogP contribution in [0.2, 0.25) is 0 Å². The maximum atomic E-state index is 13.5. The van der Waals surface area contributed by atoms with Gasteiger partial charge in [-0.2, -0.15) is 10.4 Å². The molecular formula is C18H20N8O2. The van der Waals surface area contributed by atoms with Gasteiger partial charge < -0.3 is 20.5 Å². The summed E-state index contributed by atoms with van der Waals surface area (Å²) in [6, 6.07) is 2.76. The number of carbonyl (C=O) groups excluding carboxylic acids is 2. The van der Waals surface area contributed by atoms with E-state index in [0.717, 1.165) is 17.8 Å². The Balaban J connectivity index is 1.68. The number of rotatable bonds is 2. The summed E-state index contributed by atoms with van der Waals surface area (Å²) in [7, 11) is 0. The van der Waals surface area contributed by atoms with Gasteiger partial charge in [-0.15, -0.1) is 0 Å². The van der Waals surface area contributed by atoms with E-state index in [9.17, 15) is 9.59 Å². The Morgan fingerprint density at radius 1 is 1.36 bits per heavy atom. The number of hydrogen-bond donors (Lipinski definition) is 3. The molecular weight excluding hydrogens is 360 g/mol. The molecule has 2 aromatic heterocycles. The number of amides is 3. The predicted octanol–water partition coefficient (Wildman–Crippen LogP) is 0.847. The number of nitrogens with zero attached hydrogens (tertiary/aromatic N) is 5. The smallest absolute Gasteiger partial charge is 0.319 e. The molecule has 10 heteroatoms. The van der Waals surface area contributed by atoms with Crippen LogP contribution in [0.25, 0.3) is 0 Å². The molecule has 0 saturated heterocycles. The average Bonchev–Trinajstić information content (AvgIpc) is 3.20. The first-order chi connectivity index (χ1) is 13.5. The highest BCUT2D eigenvalue weighted by Crippen LogP contribution is 2.29. The van der Waals surface area contributed by atoms with Crippen LogP contribution in [0, 0.1) is 18.3 Å². The normalized spacial score (nSPS) is 19.4. The van der Waals surface area contributed by atoms with E-state index >= 15 is 0 Å². The first-order valence-corrected chi connectivity index (χ1v) is 9.02. The van der Waals surface area contributed by atoms with E-state index in [1.165, 1.54) is 0 Å². The molecule has 2 aliphatic rings. The summed E-state index contributed by atoms with van der Waals surface area (Å²) in [6.45, 7) is 5.12. The number of allylic oxidation sites excluding steroid dienone is 1. The van der Waals surface area contributed by atoms with Crippen LogP contribution in [0.3, 0.4) is 0 Å². The zero-order valence-electron chi connectivity index (χ0n) is 15.6. The lowest BCUT2D eigenvalue weighted by Gasteiger charge is -2.31. The van der Waals surface area contributed by atoms with Crippen molar-refractivity contribution >= 4 is 11.9 Å². The molecule has 2 aliphatic heterocycles. The fourth-order valence-electron chi connectivity index (χ4n) is 3.70. The van der Waals surface area contributed by atoms with Gasteiger partial charge in [0.05, 0.1) is 29.8 Å². The molecule has 2 aromatic rings. The fourth-order valence-corrected chi connectivity index (χ4v) is 3.70. The number of nitriles is 1. The third-order valence-corrected chi connectivity index (χ3v) is 5.06. The molecule has 0 aromatic carbocycles. The summed E-state index contributed by atoms with van der Waals surface area (Å²) in [4.78, 5) is 34.5. The third-order valence-electron chi connectivity index (χ3n) is 5.06. The summed E-state index contributed by atoms with van der Waals surface area (Å²) >= 11 is 0. The minimum atomic E-state index is -0.629. The lowest BCUT2D eigenvalue weighted by Crippen LogP contribution is -2.48. The predicted molar refractivity (Wildman–Crippen MR) is 97.4 cm³/mol. The van der Waals surface area contributed by atoms with Crippen molar-refractivity contribution in [1.29, 1.82) is 5.26 Å². The van der Waals surface area contributed by atoms with Gasteiger partial charge in [0.2, 0.25) is 0 Å². The van der Waals surface area contributed by atoms with Crippen LogP contribution in [-0.4, -0.2) is 43.1 Å². The SMILES string of the molecule is CC1=C(C(=O)N2CCCn3nc(C#N)cc3C2)C(c2nc[nH]c2C)NC(=O)N1. The van der Waals surface area contributed by atoms with Crippen molar-refractivity contribution in [3.63, 3.8) is 0 Å². The first kappa shape index (κ1) is 17.8. The van der Waals surface area contributed by atoms with Crippen molar-refractivity contribution in [3.05, 3.63) is 46.4 Å².